The third-order valence-electron chi connectivity index (χ3n) is 5.71. The summed E-state index contributed by atoms with van der Waals surface area (Å²) in [6.45, 7) is 6.80. The van der Waals surface area contributed by atoms with Gasteiger partial charge in [0.15, 0.2) is 0 Å². The number of carbonyl (C=O) groups excluding carboxylic acids is 2. The van der Waals surface area contributed by atoms with Crippen molar-refractivity contribution in [2.75, 3.05) is 18.5 Å². The number of hydrogen-bond donors (Lipinski definition) is 2. The standard InChI is InChI=1S/C19H26N2O4.ClH/c1-4-24-16(22)12-7-9-13(10-8-12)21-17(23)19(20)14-6-5-11-25-15(14)18(19,2)3;/h7-10,14-15H,4-6,11,20H2,1-3H3,(H,21,23);1H. The Hall–Kier alpha value is -1.63. The summed E-state index contributed by atoms with van der Waals surface area (Å²) in [6, 6.07) is 6.65. The van der Waals surface area contributed by atoms with E-state index < -0.39 is 11.0 Å². The summed E-state index contributed by atoms with van der Waals surface area (Å²) in [4.78, 5) is 24.6. The summed E-state index contributed by atoms with van der Waals surface area (Å²) in [7, 11) is 0. The first-order valence-electron chi connectivity index (χ1n) is 8.81. The monoisotopic (exact) mass is 382 g/mol. The third kappa shape index (κ3) is 3.10. The van der Waals surface area contributed by atoms with Gasteiger partial charge in [-0.25, -0.2) is 4.79 Å². The molecule has 26 heavy (non-hydrogen) atoms. The molecule has 3 unspecified atom stereocenters. The van der Waals surface area contributed by atoms with Crippen molar-refractivity contribution in [2.24, 2.45) is 17.1 Å². The van der Waals surface area contributed by atoms with Crippen molar-refractivity contribution >= 4 is 30.0 Å². The van der Waals surface area contributed by atoms with E-state index in [-0.39, 0.29) is 36.3 Å². The van der Waals surface area contributed by atoms with Crippen LogP contribution in [0.5, 0.6) is 0 Å². The number of nitrogens with two attached hydrogens (primary N) is 1. The Balaban J connectivity index is 0.00000243. The summed E-state index contributed by atoms with van der Waals surface area (Å²) in [5.74, 6) is -0.541. The van der Waals surface area contributed by atoms with Crippen LogP contribution < -0.4 is 11.1 Å². The molecular weight excluding hydrogens is 356 g/mol. The van der Waals surface area contributed by atoms with Gasteiger partial charge in [0.05, 0.1) is 18.3 Å². The lowest BCUT2D eigenvalue weighted by atomic mass is 9.46. The fraction of sp³-hybridized carbons (Fsp3) is 0.579. The van der Waals surface area contributed by atoms with E-state index in [0.29, 0.717) is 17.9 Å². The molecule has 1 saturated carbocycles. The SMILES string of the molecule is CCOC(=O)c1ccc(NC(=O)C2(N)C3CCCOC3C2(C)C)cc1.Cl. The number of halogens is 1. The van der Waals surface area contributed by atoms with Crippen LogP contribution in [0, 0.1) is 11.3 Å². The lowest BCUT2D eigenvalue weighted by Gasteiger charge is -2.65. The maximum Gasteiger partial charge on any atom is 0.338 e. The number of esters is 1. The van der Waals surface area contributed by atoms with E-state index in [0.717, 1.165) is 19.4 Å². The largest absolute Gasteiger partial charge is 0.462 e. The molecule has 3 N–H and O–H groups in total. The number of hydrogen-bond acceptors (Lipinski definition) is 5. The van der Waals surface area contributed by atoms with E-state index in [1.165, 1.54) is 0 Å². The molecule has 6 nitrogen and oxygen atoms in total. The molecule has 3 atom stereocenters. The second kappa shape index (κ2) is 7.55. The van der Waals surface area contributed by atoms with Crippen LogP contribution in [-0.4, -0.2) is 36.7 Å². The van der Waals surface area contributed by atoms with Crippen LogP contribution in [0.25, 0.3) is 0 Å². The molecule has 0 aromatic heterocycles. The normalized spacial score (nSPS) is 28.8. The minimum absolute atomic E-state index is 0. The second-order valence-corrected chi connectivity index (χ2v) is 7.38. The molecule has 2 aliphatic rings. The quantitative estimate of drug-likeness (QED) is 0.781. The van der Waals surface area contributed by atoms with Gasteiger partial charge in [0.2, 0.25) is 5.91 Å². The Morgan fingerprint density at radius 1 is 1.31 bits per heavy atom. The number of anilines is 1. The first-order chi connectivity index (χ1) is 11.8. The topological polar surface area (TPSA) is 90.7 Å². The van der Waals surface area contributed by atoms with Crippen LogP contribution in [0.2, 0.25) is 0 Å². The number of ether oxygens (including phenoxy) is 2. The minimum atomic E-state index is -0.960. The average Bonchev–Trinajstić information content (AvgIpc) is 2.61. The molecule has 1 aliphatic carbocycles. The molecule has 1 aromatic carbocycles. The summed E-state index contributed by atoms with van der Waals surface area (Å²) >= 11 is 0. The van der Waals surface area contributed by atoms with Crippen molar-refractivity contribution in [1.29, 1.82) is 0 Å². The number of amides is 1. The van der Waals surface area contributed by atoms with E-state index in [4.69, 9.17) is 15.2 Å². The molecule has 0 bridgehead atoms. The highest BCUT2D eigenvalue weighted by Gasteiger charge is 2.70. The zero-order valence-electron chi connectivity index (χ0n) is 15.4. The first kappa shape index (κ1) is 20.7. The van der Waals surface area contributed by atoms with Gasteiger partial charge in [0.1, 0.15) is 5.54 Å². The molecular formula is C19H27ClN2O4. The predicted octanol–water partition coefficient (Wildman–Crippen LogP) is 2.76. The fourth-order valence-electron chi connectivity index (χ4n) is 4.18. The highest BCUT2D eigenvalue weighted by Crippen LogP contribution is 2.57. The number of benzene rings is 1. The lowest BCUT2D eigenvalue weighted by Crippen LogP contribution is -2.81. The van der Waals surface area contributed by atoms with Crippen molar-refractivity contribution in [2.45, 2.75) is 45.3 Å². The van der Waals surface area contributed by atoms with Crippen LogP contribution in [0.1, 0.15) is 44.0 Å². The van der Waals surface area contributed by atoms with E-state index >= 15 is 0 Å². The van der Waals surface area contributed by atoms with Gasteiger partial charge in [-0.1, -0.05) is 13.8 Å². The van der Waals surface area contributed by atoms with Gasteiger partial charge in [0.25, 0.3) is 0 Å². The Morgan fingerprint density at radius 2 is 1.96 bits per heavy atom. The maximum absolute atomic E-state index is 12.9. The smallest absolute Gasteiger partial charge is 0.338 e. The molecule has 0 spiro atoms. The Morgan fingerprint density at radius 3 is 2.58 bits per heavy atom. The van der Waals surface area contributed by atoms with Crippen LogP contribution >= 0.6 is 12.4 Å². The van der Waals surface area contributed by atoms with Crippen molar-refractivity contribution in [3.05, 3.63) is 29.8 Å². The third-order valence-corrected chi connectivity index (χ3v) is 5.71. The molecule has 3 rings (SSSR count). The van der Waals surface area contributed by atoms with Gasteiger partial charge in [-0.15, -0.1) is 12.4 Å². The second-order valence-electron chi connectivity index (χ2n) is 7.38. The maximum atomic E-state index is 12.9. The Labute approximate surface area is 160 Å². The summed E-state index contributed by atoms with van der Waals surface area (Å²) in [5, 5.41) is 2.90. The number of carbonyl (C=O) groups is 2. The molecule has 1 aliphatic heterocycles. The molecule has 1 saturated heterocycles. The van der Waals surface area contributed by atoms with E-state index in [2.05, 4.69) is 5.32 Å². The highest BCUT2D eigenvalue weighted by atomic mass is 35.5. The van der Waals surface area contributed by atoms with Crippen molar-refractivity contribution in [3.8, 4) is 0 Å². The molecule has 7 heteroatoms. The van der Waals surface area contributed by atoms with Crippen LogP contribution in [0.15, 0.2) is 24.3 Å². The Kier molecular flexibility index (Phi) is 6.00. The number of fused-ring (bicyclic) bond motifs is 1. The van der Waals surface area contributed by atoms with Gasteiger partial charge in [-0.2, -0.15) is 0 Å². The van der Waals surface area contributed by atoms with Crippen molar-refractivity contribution in [3.63, 3.8) is 0 Å². The molecule has 0 radical (unpaired) electrons. The lowest BCUT2D eigenvalue weighted by molar-refractivity contribution is -0.222. The van der Waals surface area contributed by atoms with E-state index in [1.54, 1.807) is 31.2 Å². The predicted molar refractivity (Wildman–Crippen MR) is 101 cm³/mol. The summed E-state index contributed by atoms with van der Waals surface area (Å²) in [6.07, 6.45) is 1.86. The minimum Gasteiger partial charge on any atom is -0.462 e. The molecule has 1 aromatic rings. The van der Waals surface area contributed by atoms with Gasteiger partial charge < -0.3 is 20.5 Å². The van der Waals surface area contributed by atoms with E-state index in [9.17, 15) is 9.59 Å². The highest BCUT2D eigenvalue weighted by molar-refractivity contribution is 6.00. The van der Waals surface area contributed by atoms with Gasteiger partial charge in [0, 0.05) is 23.6 Å². The molecule has 1 heterocycles. The molecule has 2 fully saturated rings. The van der Waals surface area contributed by atoms with E-state index in [1.807, 2.05) is 13.8 Å². The zero-order valence-corrected chi connectivity index (χ0v) is 16.2. The van der Waals surface area contributed by atoms with Crippen molar-refractivity contribution in [1.82, 2.24) is 0 Å². The number of nitrogens with one attached hydrogen (secondary N) is 1. The molecule has 144 valence electrons. The van der Waals surface area contributed by atoms with Gasteiger partial charge in [-0.05, 0) is 44.0 Å². The van der Waals surface area contributed by atoms with Gasteiger partial charge in [-0.3, -0.25) is 4.79 Å². The van der Waals surface area contributed by atoms with Crippen LogP contribution in [-0.2, 0) is 14.3 Å². The average molecular weight is 383 g/mol. The van der Waals surface area contributed by atoms with Crippen LogP contribution in [0.4, 0.5) is 5.69 Å². The Bertz CT molecular complexity index is 677. The fourth-order valence-corrected chi connectivity index (χ4v) is 4.18. The molecule has 1 amide bonds. The zero-order chi connectivity index (χ0) is 18.2. The van der Waals surface area contributed by atoms with Gasteiger partial charge >= 0.3 is 5.97 Å². The summed E-state index contributed by atoms with van der Waals surface area (Å²) < 4.78 is 10.8. The first-order valence-corrected chi connectivity index (χ1v) is 8.81. The van der Waals surface area contributed by atoms with Crippen molar-refractivity contribution < 1.29 is 19.1 Å². The summed E-state index contributed by atoms with van der Waals surface area (Å²) in [5.41, 5.74) is 6.26. The number of rotatable bonds is 4. The van der Waals surface area contributed by atoms with Crippen LogP contribution in [0.3, 0.4) is 0 Å².